The number of carbonyl (C=O) groups is 1. The van der Waals surface area contributed by atoms with E-state index in [0.29, 0.717) is 6.61 Å². The highest BCUT2D eigenvalue weighted by Crippen LogP contribution is 2.33. The smallest absolute Gasteiger partial charge is 0.342 e. The second kappa shape index (κ2) is 10.0. The van der Waals surface area contributed by atoms with Crippen LogP contribution in [0.1, 0.15) is 22.8 Å². The van der Waals surface area contributed by atoms with Gasteiger partial charge in [-0.1, -0.05) is 41.9 Å². The van der Waals surface area contributed by atoms with E-state index in [0.717, 1.165) is 5.56 Å². The predicted molar refractivity (Wildman–Crippen MR) is 98.1 cm³/mol. The molecule has 140 valence electrons. The highest BCUT2D eigenvalue weighted by Gasteiger charge is 2.19. The van der Waals surface area contributed by atoms with Crippen molar-refractivity contribution >= 4 is 34.1 Å². The Hall–Kier alpha value is -2.29. The summed E-state index contributed by atoms with van der Waals surface area (Å²) in [4.78, 5) is 12.1. The minimum atomic E-state index is -2.90. The summed E-state index contributed by atoms with van der Waals surface area (Å²) in [6, 6.07) is 12.1. The molecule has 2 rings (SSSR count). The standard InChI is InChI=1S/C17H18ClNO6S/c1-2-24-17(20)14-8-13(19-26(21)22)9-15(18)16(14)25-11-23-10-12-6-4-3-5-7-12/h3-9,26H,2,10-11H2,1H3,(H,19,21,22). The van der Waals surface area contributed by atoms with Crippen LogP contribution in [0.2, 0.25) is 5.02 Å². The molecule has 2 aromatic carbocycles. The molecule has 1 N–H and O–H groups in total. The number of esters is 1. The van der Waals surface area contributed by atoms with Crippen molar-refractivity contribution in [3.8, 4) is 5.75 Å². The number of nitrogens with one attached hydrogen (secondary N) is 1. The number of thiol groups is 1. The zero-order valence-corrected chi connectivity index (χ0v) is 15.6. The Morgan fingerprint density at radius 1 is 1.19 bits per heavy atom. The SMILES string of the molecule is CCOC(=O)c1cc(N[SH](=O)=O)cc(Cl)c1OCOCc1ccccc1. The number of hydrogen-bond donors (Lipinski definition) is 2. The Morgan fingerprint density at radius 3 is 2.58 bits per heavy atom. The van der Waals surface area contributed by atoms with Crippen LogP contribution in [0.15, 0.2) is 42.5 Å². The lowest BCUT2D eigenvalue weighted by atomic mass is 10.2. The second-order valence-corrected chi connectivity index (χ2v) is 6.17. The average Bonchev–Trinajstić information content (AvgIpc) is 2.60. The number of halogens is 1. The highest BCUT2D eigenvalue weighted by molar-refractivity contribution is 7.73. The lowest BCUT2D eigenvalue weighted by Gasteiger charge is -2.14. The molecule has 0 bridgehead atoms. The average molecular weight is 400 g/mol. The van der Waals surface area contributed by atoms with E-state index in [1.807, 2.05) is 30.3 Å². The number of rotatable bonds is 9. The van der Waals surface area contributed by atoms with Crippen LogP contribution in [0.3, 0.4) is 0 Å². The van der Waals surface area contributed by atoms with E-state index >= 15 is 0 Å². The summed E-state index contributed by atoms with van der Waals surface area (Å²) in [6.07, 6.45) is 0. The van der Waals surface area contributed by atoms with Gasteiger partial charge < -0.3 is 14.2 Å². The predicted octanol–water partition coefficient (Wildman–Crippen LogP) is 3.01. The fourth-order valence-corrected chi connectivity index (χ4v) is 2.72. The number of anilines is 1. The minimum Gasteiger partial charge on any atom is -0.465 e. The summed E-state index contributed by atoms with van der Waals surface area (Å²) >= 11 is 6.13. The van der Waals surface area contributed by atoms with Crippen molar-refractivity contribution < 1.29 is 27.4 Å². The van der Waals surface area contributed by atoms with E-state index < -0.39 is 16.9 Å². The Bertz CT molecular complexity index is 818. The van der Waals surface area contributed by atoms with Gasteiger partial charge in [-0.05, 0) is 24.6 Å². The third-order valence-electron chi connectivity index (χ3n) is 3.16. The molecule has 0 fully saturated rings. The van der Waals surface area contributed by atoms with Crippen LogP contribution >= 0.6 is 11.6 Å². The van der Waals surface area contributed by atoms with E-state index in [2.05, 4.69) is 4.72 Å². The number of carbonyl (C=O) groups excluding carboxylic acids is 1. The van der Waals surface area contributed by atoms with E-state index in [1.165, 1.54) is 12.1 Å². The van der Waals surface area contributed by atoms with Gasteiger partial charge in [0.15, 0.2) is 12.5 Å². The lowest BCUT2D eigenvalue weighted by Crippen LogP contribution is -2.11. The molecule has 0 saturated heterocycles. The van der Waals surface area contributed by atoms with E-state index in [4.69, 9.17) is 25.8 Å². The first-order valence-corrected chi connectivity index (χ1v) is 9.23. The van der Waals surface area contributed by atoms with Gasteiger partial charge >= 0.3 is 5.97 Å². The van der Waals surface area contributed by atoms with Crippen molar-refractivity contribution in [1.82, 2.24) is 0 Å². The summed E-state index contributed by atoms with van der Waals surface area (Å²) in [5, 5.41) is 0.0539. The van der Waals surface area contributed by atoms with E-state index in [1.54, 1.807) is 6.92 Å². The van der Waals surface area contributed by atoms with Crippen LogP contribution < -0.4 is 9.46 Å². The molecular weight excluding hydrogens is 382 g/mol. The van der Waals surface area contributed by atoms with Crippen LogP contribution in [0, 0.1) is 0 Å². The molecule has 0 heterocycles. The Kier molecular flexibility index (Phi) is 7.71. The van der Waals surface area contributed by atoms with Gasteiger partial charge in [-0.25, -0.2) is 13.2 Å². The van der Waals surface area contributed by atoms with Gasteiger partial charge in [-0.15, -0.1) is 0 Å². The topological polar surface area (TPSA) is 90.9 Å². The molecule has 0 spiro atoms. The summed E-state index contributed by atoms with van der Waals surface area (Å²) in [6.45, 7) is 1.97. The molecule has 0 aliphatic carbocycles. The zero-order chi connectivity index (χ0) is 18.9. The normalized spacial score (nSPS) is 10.6. The fraction of sp³-hybridized carbons (Fsp3) is 0.235. The molecule has 9 heteroatoms. The molecule has 0 amide bonds. The van der Waals surface area contributed by atoms with Crippen LogP contribution in [0.5, 0.6) is 5.75 Å². The number of hydrogen-bond acceptors (Lipinski definition) is 6. The first-order chi connectivity index (χ1) is 12.5. The van der Waals surface area contributed by atoms with Crippen LogP contribution in [-0.2, 0) is 27.0 Å². The van der Waals surface area contributed by atoms with Gasteiger partial charge in [0.05, 0.1) is 23.9 Å². The van der Waals surface area contributed by atoms with Gasteiger partial charge in [0.1, 0.15) is 5.56 Å². The maximum atomic E-state index is 12.1. The molecule has 0 unspecified atom stereocenters. The highest BCUT2D eigenvalue weighted by atomic mass is 35.5. The quantitative estimate of drug-likeness (QED) is 0.291. The Labute approximate surface area is 157 Å². The largest absolute Gasteiger partial charge is 0.465 e. The molecule has 0 aliphatic rings. The van der Waals surface area contributed by atoms with Crippen LogP contribution in [-0.4, -0.2) is 27.8 Å². The van der Waals surface area contributed by atoms with Crippen molar-refractivity contribution in [2.24, 2.45) is 0 Å². The van der Waals surface area contributed by atoms with Gasteiger partial charge in [0, 0.05) is 0 Å². The third-order valence-corrected chi connectivity index (χ3v) is 3.88. The van der Waals surface area contributed by atoms with Gasteiger partial charge in [0.25, 0.3) is 0 Å². The number of ether oxygens (including phenoxy) is 3. The summed E-state index contributed by atoms with van der Waals surface area (Å²) in [5.74, 6) is -0.623. The fourth-order valence-electron chi connectivity index (χ4n) is 2.10. The lowest BCUT2D eigenvalue weighted by molar-refractivity contribution is 0.00405. The summed E-state index contributed by atoms with van der Waals surface area (Å²) in [7, 11) is -2.90. The minimum absolute atomic E-state index is 0.00186. The monoisotopic (exact) mass is 399 g/mol. The zero-order valence-electron chi connectivity index (χ0n) is 13.9. The van der Waals surface area contributed by atoms with E-state index in [9.17, 15) is 13.2 Å². The summed E-state index contributed by atoms with van der Waals surface area (Å²) in [5.41, 5.74) is 1.10. The molecule has 26 heavy (non-hydrogen) atoms. The van der Waals surface area contributed by atoms with Crippen molar-refractivity contribution in [2.75, 3.05) is 18.1 Å². The van der Waals surface area contributed by atoms with Gasteiger partial charge in [-0.3, -0.25) is 4.72 Å². The van der Waals surface area contributed by atoms with Crippen molar-refractivity contribution in [3.63, 3.8) is 0 Å². The molecule has 0 saturated carbocycles. The molecule has 0 atom stereocenters. The third kappa shape index (κ3) is 5.91. The van der Waals surface area contributed by atoms with Gasteiger partial charge in [0.2, 0.25) is 10.9 Å². The number of benzene rings is 2. The van der Waals surface area contributed by atoms with Gasteiger partial charge in [-0.2, -0.15) is 0 Å². The first kappa shape index (κ1) is 20.0. The van der Waals surface area contributed by atoms with Crippen LogP contribution in [0.25, 0.3) is 0 Å². The van der Waals surface area contributed by atoms with Crippen molar-refractivity contribution in [3.05, 3.63) is 58.6 Å². The van der Waals surface area contributed by atoms with Crippen molar-refractivity contribution in [1.29, 1.82) is 0 Å². The summed E-state index contributed by atoms with van der Waals surface area (Å²) < 4.78 is 39.7. The molecule has 0 aliphatic heterocycles. The maximum Gasteiger partial charge on any atom is 0.342 e. The molecule has 7 nitrogen and oxygen atoms in total. The Balaban J connectivity index is 2.12. The van der Waals surface area contributed by atoms with Crippen molar-refractivity contribution in [2.45, 2.75) is 13.5 Å². The molecule has 2 aromatic rings. The van der Waals surface area contributed by atoms with Crippen LogP contribution in [0.4, 0.5) is 5.69 Å². The van der Waals surface area contributed by atoms with E-state index in [-0.39, 0.29) is 35.4 Å². The second-order valence-electron chi connectivity index (χ2n) is 5.02. The Morgan fingerprint density at radius 2 is 1.92 bits per heavy atom. The molecule has 0 radical (unpaired) electrons. The molecular formula is C17H18ClNO6S. The first-order valence-electron chi connectivity index (χ1n) is 7.67. The molecule has 0 aromatic heterocycles. The maximum absolute atomic E-state index is 12.1.